The number of thiophene rings is 1. The molecule has 0 radical (unpaired) electrons. The third kappa shape index (κ3) is 1.63. The zero-order valence-electron chi connectivity index (χ0n) is 7.25. The molecule has 0 aliphatic carbocycles. The second kappa shape index (κ2) is 3.64. The average Bonchev–Trinajstić information content (AvgIpc) is 2.73. The lowest BCUT2D eigenvalue weighted by molar-refractivity contribution is 0.213. The first-order valence-corrected chi connectivity index (χ1v) is 5.09. The Kier molecular flexibility index (Phi) is 2.49. The first-order chi connectivity index (χ1) is 6.68. The minimum Gasteiger partial charge on any atom is -0.379 e. The second-order valence-electron chi connectivity index (χ2n) is 2.67. The molecule has 0 fully saturated rings. The summed E-state index contributed by atoms with van der Waals surface area (Å²) in [5.41, 5.74) is 0. The van der Waals surface area contributed by atoms with Crippen LogP contribution in [-0.4, -0.2) is 25.3 Å². The monoisotopic (exact) mass is 230 g/mol. The maximum absolute atomic E-state index is 9.82. The number of rotatable bonds is 2. The van der Waals surface area contributed by atoms with Gasteiger partial charge in [0.25, 0.3) is 0 Å². The Bertz CT molecular complexity index is 440. The summed E-state index contributed by atoms with van der Waals surface area (Å²) in [5.74, 6) is 0.261. The van der Waals surface area contributed by atoms with Crippen LogP contribution in [0.25, 0.3) is 0 Å². The molecular weight excluding hydrogens is 224 g/mol. The first kappa shape index (κ1) is 9.57. The van der Waals surface area contributed by atoms with E-state index in [-0.39, 0.29) is 5.82 Å². The van der Waals surface area contributed by atoms with Crippen molar-refractivity contribution in [1.29, 1.82) is 0 Å². The number of hydrogen-bond acceptors (Lipinski definition) is 5. The van der Waals surface area contributed by atoms with Gasteiger partial charge in [-0.3, -0.25) is 0 Å². The zero-order valence-corrected chi connectivity index (χ0v) is 8.83. The normalized spacial score (nSPS) is 13.1. The lowest BCUT2D eigenvalue weighted by Crippen LogP contribution is -2.01. The molecule has 0 spiro atoms. The van der Waals surface area contributed by atoms with Crippen LogP contribution >= 0.6 is 22.9 Å². The Hall–Kier alpha value is -0.980. The molecule has 74 valence electrons. The number of aliphatic hydroxyl groups excluding tert-OH is 1. The lowest BCUT2D eigenvalue weighted by Gasteiger charge is -2.02. The van der Waals surface area contributed by atoms with Gasteiger partial charge < -0.3 is 5.11 Å². The Morgan fingerprint density at radius 1 is 1.64 bits per heavy atom. The Balaban J connectivity index is 2.33. The molecule has 1 atom stereocenters. The van der Waals surface area contributed by atoms with Crippen LogP contribution in [0.5, 0.6) is 0 Å². The van der Waals surface area contributed by atoms with Gasteiger partial charge in [0.15, 0.2) is 6.10 Å². The fraction of sp³-hybridized carbons (Fsp3) is 0.286. The number of halogens is 1. The Labute approximate surface area is 88.9 Å². The van der Waals surface area contributed by atoms with Crippen molar-refractivity contribution in [2.45, 2.75) is 6.10 Å². The van der Waals surface area contributed by atoms with Crippen LogP contribution in [0.2, 0.25) is 5.02 Å². The van der Waals surface area contributed by atoms with Crippen LogP contribution in [-0.2, 0) is 7.05 Å². The van der Waals surface area contributed by atoms with E-state index in [0.29, 0.717) is 9.90 Å². The molecule has 1 unspecified atom stereocenters. The van der Waals surface area contributed by atoms with Crippen molar-refractivity contribution in [3.05, 3.63) is 27.2 Å². The van der Waals surface area contributed by atoms with E-state index in [4.69, 9.17) is 11.6 Å². The van der Waals surface area contributed by atoms with E-state index in [2.05, 4.69) is 15.4 Å². The van der Waals surface area contributed by atoms with Gasteiger partial charge >= 0.3 is 0 Å². The maximum atomic E-state index is 9.82. The van der Waals surface area contributed by atoms with Crippen molar-refractivity contribution in [1.82, 2.24) is 20.2 Å². The summed E-state index contributed by atoms with van der Waals surface area (Å²) in [6, 6.07) is 1.72. The number of aryl methyl sites for hydroxylation is 1. The summed E-state index contributed by atoms with van der Waals surface area (Å²) < 4.78 is 0. The molecule has 0 aliphatic heterocycles. The quantitative estimate of drug-likeness (QED) is 0.836. The standard InChI is InChI=1S/C7H7ClN4OS/c1-12-10-7(9-11-12)5(13)6-4(8)2-3-14-6/h2-3,5,13H,1H3. The second-order valence-corrected chi connectivity index (χ2v) is 4.03. The highest BCUT2D eigenvalue weighted by molar-refractivity contribution is 7.10. The van der Waals surface area contributed by atoms with E-state index >= 15 is 0 Å². The lowest BCUT2D eigenvalue weighted by atomic mass is 10.3. The highest BCUT2D eigenvalue weighted by Crippen LogP contribution is 2.30. The van der Waals surface area contributed by atoms with Crippen LogP contribution in [0, 0.1) is 0 Å². The van der Waals surface area contributed by atoms with Gasteiger partial charge in [0.1, 0.15) is 0 Å². The Morgan fingerprint density at radius 2 is 2.43 bits per heavy atom. The van der Waals surface area contributed by atoms with Gasteiger partial charge in [0.05, 0.1) is 16.9 Å². The number of nitrogens with zero attached hydrogens (tertiary/aromatic N) is 4. The number of aliphatic hydroxyl groups is 1. The fourth-order valence-electron chi connectivity index (χ4n) is 1.03. The molecule has 2 rings (SSSR count). The van der Waals surface area contributed by atoms with Crippen LogP contribution in [0.3, 0.4) is 0 Å². The van der Waals surface area contributed by atoms with Crippen LogP contribution in [0.15, 0.2) is 11.4 Å². The molecule has 14 heavy (non-hydrogen) atoms. The molecule has 0 aliphatic rings. The molecule has 0 saturated carbocycles. The predicted molar refractivity (Wildman–Crippen MR) is 52.2 cm³/mol. The van der Waals surface area contributed by atoms with E-state index in [9.17, 15) is 5.11 Å². The van der Waals surface area contributed by atoms with Crippen LogP contribution < -0.4 is 0 Å². The molecule has 0 amide bonds. The molecule has 2 heterocycles. The summed E-state index contributed by atoms with van der Waals surface area (Å²) in [6.07, 6.45) is -0.892. The Morgan fingerprint density at radius 3 is 2.93 bits per heavy atom. The van der Waals surface area contributed by atoms with Crippen molar-refractivity contribution in [2.24, 2.45) is 7.05 Å². The summed E-state index contributed by atoms with van der Waals surface area (Å²) in [6.45, 7) is 0. The molecule has 0 saturated heterocycles. The summed E-state index contributed by atoms with van der Waals surface area (Å²) in [5, 5.41) is 23.4. The molecule has 1 N–H and O–H groups in total. The smallest absolute Gasteiger partial charge is 0.208 e. The van der Waals surface area contributed by atoms with Crippen molar-refractivity contribution < 1.29 is 5.11 Å². The van der Waals surface area contributed by atoms with Crippen molar-refractivity contribution in [2.75, 3.05) is 0 Å². The highest BCUT2D eigenvalue weighted by atomic mass is 35.5. The largest absolute Gasteiger partial charge is 0.379 e. The topological polar surface area (TPSA) is 63.8 Å². The van der Waals surface area contributed by atoms with Gasteiger partial charge in [-0.15, -0.1) is 21.5 Å². The number of tetrazole rings is 1. The minimum atomic E-state index is -0.892. The van der Waals surface area contributed by atoms with E-state index in [0.717, 1.165) is 0 Å². The molecule has 7 heteroatoms. The summed E-state index contributed by atoms with van der Waals surface area (Å²) in [4.78, 5) is 1.93. The molecule has 2 aromatic rings. The van der Waals surface area contributed by atoms with Crippen molar-refractivity contribution >= 4 is 22.9 Å². The molecule has 2 aromatic heterocycles. The van der Waals surface area contributed by atoms with E-state index in [1.165, 1.54) is 16.1 Å². The molecular formula is C7H7ClN4OS. The van der Waals surface area contributed by atoms with E-state index in [1.54, 1.807) is 18.5 Å². The van der Waals surface area contributed by atoms with Crippen LogP contribution in [0.4, 0.5) is 0 Å². The van der Waals surface area contributed by atoms with Crippen molar-refractivity contribution in [3.8, 4) is 0 Å². The zero-order chi connectivity index (χ0) is 10.1. The van der Waals surface area contributed by atoms with Gasteiger partial charge in [-0.05, 0) is 16.7 Å². The first-order valence-electron chi connectivity index (χ1n) is 3.83. The van der Waals surface area contributed by atoms with Gasteiger partial charge in [0, 0.05) is 0 Å². The van der Waals surface area contributed by atoms with Gasteiger partial charge in [-0.25, -0.2) is 0 Å². The van der Waals surface area contributed by atoms with Gasteiger partial charge in [-0.1, -0.05) is 11.6 Å². The van der Waals surface area contributed by atoms with Crippen LogP contribution in [0.1, 0.15) is 16.8 Å². The summed E-state index contributed by atoms with van der Waals surface area (Å²) >= 11 is 7.22. The molecule has 0 aromatic carbocycles. The average molecular weight is 231 g/mol. The molecule has 5 nitrogen and oxygen atoms in total. The van der Waals surface area contributed by atoms with E-state index in [1.807, 2.05) is 0 Å². The van der Waals surface area contributed by atoms with Gasteiger partial charge in [-0.2, -0.15) is 4.80 Å². The highest BCUT2D eigenvalue weighted by Gasteiger charge is 2.19. The SMILES string of the molecule is Cn1nnc(C(O)c2sccc2Cl)n1. The number of aromatic nitrogens is 4. The minimum absolute atomic E-state index is 0.261. The third-order valence-electron chi connectivity index (χ3n) is 1.66. The van der Waals surface area contributed by atoms with Gasteiger partial charge in [0.2, 0.25) is 5.82 Å². The van der Waals surface area contributed by atoms with Crippen molar-refractivity contribution in [3.63, 3.8) is 0 Å². The number of hydrogen-bond donors (Lipinski definition) is 1. The predicted octanol–water partition coefficient (Wildman–Crippen LogP) is 1.01. The van der Waals surface area contributed by atoms with E-state index < -0.39 is 6.10 Å². The fourth-order valence-corrected chi connectivity index (χ4v) is 2.17. The molecule has 0 bridgehead atoms. The third-order valence-corrected chi connectivity index (χ3v) is 3.07. The maximum Gasteiger partial charge on any atom is 0.208 e. The summed E-state index contributed by atoms with van der Waals surface area (Å²) in [7, 11) is 1.64.